The van der Waals surface area contributed by atoms with Gasteiger partial charge in [-0.1, -0.05) is 36.4 Å². The highest BCUT2D eigenvalue weighted by Crippen LogP contribution is 2.32. The molecule has 31 heavy (non-hydrogen) atoms. The molecule has 1 aliphatic heterocycles. The first-order valence-electron chi connectivity index (χ1n) is 9.94. The number of hydrogen-bond donors (Lipinski definition) is 0. The van der Waals surface area contributed by atoms with Crippen molar-refractivity contribution in [3.63, 3.8) is 0 Å². The van der Waals surface area contributed by atoms with E-state index in [1.54, 1.807) is 44.3 Å². The van der Waals surface area contributed by atoms with Crippen LogP contribution in [0.3, 0.4) is 0 Å². The highest BCUT2D eigenvalue weighted by molar-refractivity contribution is 5.93. The topological polar surface area (TPSA) is 54.8 Å². The zero-order valence-electron chi connectivity index (χ0n) is 17.2. The Morgan fingerprint density at radius 1 is 1.13 bits per heavy atom. The maximum Gasteiger partial charge on any atom is 0.272 e. The van der Waals surface area contributed by atoms with Gasteiger partial charge < -0.3 is 9.64 Å². The molecule has 0 saturated carbocycles. The fourth-order valence-corrected chi connectivity index (χ4v) is 3.62. The quantitative estimate of drug-likeness (QED) is 0.583. The third kappa shape index (κ3) is 4.03. The molecule has 1 aromatic heterocycles. The van der Waals surface area contributed by atoms with Gasteiger partial charge in [0.05, 0.1) is 18.7 Å². The maximum atomic E-state index is 15.0. The number of ether oxygens (including phenoxy) is 1. The van der Waals surface area contributed by atoms with Crippen LogP contribution in [0, 0.1) is 11.6 Å². The summed E-state index contributed by atoms with van der Waals surface area (Å²) in [7, 11) is 1.60. The molecule has 0 spiro atoms. The Morgan fingerprint density at radius 2 is 1.90 bits per heavy atom. The first-order chi connectivity index (χ1) is 15.0. The number of halogens is 2. The van der Waals surface area contributed by atoms with E-state index in [9.17, 15) is 9.18 Å². The molecule has 7 heteroatoms. The minimum Gasteiger partial charge on any atom is -0.477 e. The molecule has 2 aromatic carbocycles. The summed E-state index contributed by atoms with van der Waals surface area (Å²) in [5.41, 5.74) is 2.77. The van der Waals surface area contributed by atoms with Crippen molar-refractivity contribution in [3.05, 3.63) is 82.5 Å². The molecule has 1 aliphatic rings. The Morgan fingerprint density at radius 3 is 2.65 bits per heavy atom. The molecular weight excluding hydrogens is 400 g/mol. The molecule has 0 unspecified atom stereocenters. The van der Waals surface area contributed by atoms with Crippen molar-refractivity contribution in [2.24, 2.45) is 4.99 Å². The number of rotatable bonds is 6. The highest BCUT2D eigenvalue weighted by atomic mass is 19.1. The van der Waals surface area contributed by atoms with Gasteiger partial charge >= 0.3 is 0 Å². The van der Waals surface area contributed by atoms with Crippen LogP contribution in [-0.2, 0) is 13.1 Å². The van der Waals surface area contributed by atoms with E-state index in [4.69, 9.17) is 4.74 Å². The SMILES string of the molecule is CCOc1nc(C(=O)N(C)Cc2ccc(F)c3c2CN=C3)cc(F)c1-c1ccccc1. The third-order valence-electron chi connectivity index (χ3n) is 5.13. The summed E-state index contributed by atoms with van der Waals surface area (Å²) in [6, 6.07) is 13.1. The summed E-state index contributed by atoms with van der Waals surface area (Å²) in [6.07, 6.45) is 1.50. The second-order valence-electron chi connectivity index (χ2n) is 7.20. The Labute approximate surface area is 179 Å². The van der Waals surface area contributed by atoms with Crippen molar-refractivity contribution in [1.82, 2.24) is 9.88 Å². The Bertz CT molecular complexity index is 1160. The molecule has 4 rings (SSSR count). The Kier molecular flexibility index (Phi) is 5.75. The second kappa shape index (κ2) is 8.63. The van der Waals surface area contributed by atoms with Gasteiger partial charge in [0.2, 0.25) is 5.88 Å². The highest BCUT2D eigenvalue weighted by Gasteiger charge is 2.23. The largest absolute Gasteiger partial charge is 0.477 e. The first-order valence-corrected chi connectivity index (χ1v) is 9.94. The normalized spacial score (nSPS) is 12.0. The summed E-state index contributed by atoms with van der Waals surface area (Å²) >= 11 is 0. The van der Waals surface area contributed by atoms with Crippen LogP contribution in [0.5, 0.6) is 5.88 Å². The van der Waals surface area contributed by atoms with Crippen molar-refractivity contribution in [2.45, 2.75) is 20.0 Å². The average molecular weight is 421 g/mol. The number of fused-ring (bicyclic) bond motifs is 1. The van der Waals surface area contributed by atoms with Gasteiger partial charge in [-0.05, 0) is 29.7 Å². The van der Waals surface area contributed by atoms with Gasteiger partial charge in [0.15, 0.2) is 0 Å². The lowest BCUT2D eigenvalue weighted by Gasteiger charge is -2.20. The van der Waals surface area contributed by atoms with Gasteiger partial charge in [-0.3, -0.25) is 9.79 Å². The van der Waals surface area contributed by atoms with Crippen molar-refractivity contribution >= 4 is 12.1 Å². The number of pyridine rings is 1. The number of benzene rings is 2. The molecular formula is C24H21F2N3O2. The van der Waals surface area contributed by atoms with Crippen LogP contribution < -0.4 is 4.74 Å². The molecule has 0 fully saturated rings. The molecule has 158 valence electrons. The van der Waals surface area contributed by atoms with E-state index in [1.165, 1.54) is 17.2 Å². The van der Waals surface area contributed by atoms with E-state index in [0.29, 0.717) is 17.7 Å². The van der Waals surface area contributed by atoms with Gasteiger partial charge in [-0.25, -0.2) is 13.8 Å². The fraction of sp³-hybridized carbons (Fsp3) is 0.208. The molecule has 0 radical (unpaired) electrons. The lowest BCUT2D eigenvalue weighted by atomic mass is 10.0. The maximum absolute atomic E-state index is 15.0. The van der Waals surface area contributed by atoms with Crippen molar-refractivity contribution in [1.29, 1.82) is 0 Å². The number of hydrogen-bond acceptors (Lipinski definition) is 4. The summed E-state index contributed by atoms with van der Waals surface area (Å²) < 4.78 is 34.5. The molecule has 0 atom stereocenters. The van der Waals surface area contributed by atoms with Crippen LogP contribution >= 0.6 is 0 Å². The molecule has 0 bridgehead atoms. The fourth-order valence-electron chi connectivity index (χ4n) is 3.62. The Hall–Kier alpha value is -3.61. The van der Waals surface area contributed by atoms with Crippen molar-refractivity contribution < 1.29 is 18.3 Å². The minimum atomic E-state index is -0.586. The first kappa shape index (κ1) is 20.7. The molecule has 1 amide bonds. The lowest BCUT2D eigenvalue weighted by Crippen LogP contribution is -2.28. The molecule has 0 N–H and O–H groups in total. The van der Waals surface area contributed by atoms with E-state index in [2.05, 4.69) is 9.98 Å². The average Bonchev–Trinajstić information content (AvgIpc) is 3.27. The van der Waals surface area contributed by atoms with Crippen LogP contribution in [0.1, 0.15) is 34.1 Å². The summed E-state index contributed by atoms with van der Waals surface area (Å²) in [4.78, 5) is 22.9. The summed E-state index contributed by atoms with van der Waals surface area (Å²) in [6.45, 7) is 2.64. The third-order valence-corrected chi connectivity index (χ3v) is 5.13. The molecule has 3 aromatic rings. The zero-order chi connectivity index (χ0) is 22.0. The van der Waals surface area contributed by atoms with Crippen molar-refractivity contribution in [3.8, 4) is 17.0 Å². The lowest BCUT2D eigenvalue weighted by molar-refractivity contribution is 0.0777. The number of carbonyl (C=O) groups excluding carboxylic acids is 1. The van der Waals surface area contributed by atoms with E-state index in [-0.39, 0.29) is 36.1 Å². The van der Waals surface area contributed by atoms with E-state index < -0.39 is 11.7 Å². The predicted molar refractivity (Wildman–Crippen MR) is 114 cm³/mol. The van der Waals surface area contributed by atoms with Crippen molar-refractivity contribution in [2.75, 3.05) is 13.7 Å². The van der Waals surface area contributed by atoms with E-state index in [1.807, 2.05) is 6.07 Å². The van der Waals surface area contributed by atoms with E-state index >= 15 is 4.39 Å². The van der Waals surface area contributed by atoms with Gasteiger partial charge in [0.25, 0.3) is 5.91 Å². The number of amides is 1. The molecule has 0 saturated heterocycles. The number of aromatic nitrogens is 1. The number of aliphatic imine (C=N–C) groups is 1. The van der Waals surface area contributed by atoms with Crippen LogP contribution in [0.2, 0.25) is 0 Å². The molecule has 0 aliphatic carbocycles. The Balaban J connectivity index is 1.64. The monoisotopic (exact) mass is 421 g/mol. The molecule has 2 heterocycles. The standard InChI is InChI=1S/C24H21F2N3O2/c1-3-31-23-22(15-7-5-4-6-8-15)20(26)11-21(28-23)24(30)29(2)14-16-9-10-19(25)18-13-27-12-17(16)18/h4-11,13H,3,12,14H2,1-2H3. The van der Waals surface area contributed by atoms with E-state index in [0.717, 1.165) is 17.2 Å². The zero-order valence-corrected chi connectivity index (χ0v) is 17.2. The number of carbonyl (C=O) groups is 1. The summed E-state index contributed by atoms with van der Waals surface area (Å²) in [5, 5.41) is 0. The minimum absolute atomic E-state index is 0.0573. The van der Waals surface area contributed by atoms with Gasteiger partial charge in [0.1, 0.15) is 17.3 Å². The van der Waals surface area contributed by atoms with Crippen LogP contribution in [-0.4, -0.2) is 35.7 Å². The second-order valence-corrected chi connectivity index (χ2v) is 7.20. The van der Waals surface area contributed by atoms with Gasteiger partial charge in [-0.2, -0.15) is 0 Å². The smallest absolute Gasteiger partial charge is 0.272 e. The van der Waals surface area contributed by atoms with Crippen LogP contribution in [0.25, 0.3) is 11.1 Å². The predicted octanol–water partition coefficient (Wildman–Crippen LogP) is 4.63. The van der Waals surface area contributed by atoms with Gasteiger partial charge in [0, 0.05) is 31.4 Å². The summed E-state index contributed by atoms with van der Waals surface area (Å²) in [5.74, 6) is -1.31. The van der Waals surface area contributed by atoms with Crippen LogP contribution in [0.15, 0.2) is 53.5 Å². The van der Waals surface area contributed by atoms with Gasteiger partial charge in [-0.15, -0.1) is 0 Å². The van der Waals surface area contributed by atoms with Crippen LogP contribution in [0.4, 0.5) is 8.78 Å². The molecule has 5 nitrogen and oxygen atoms in total. The number of nitrogens with zero attached hydrogens (tertiary/aromatic N) is 3.